The van der Waals surface area contributed by atoms with Crippen molar-refractivity contribution in [3.63, 3.8) is 0 Å². The van der Waals surface area contributed by atoms with Gasteiger partial charge in [-0.05, 0) is 12.5 Å². The number of urea groups is 1. The minimum absolute atomic E-state index is 0.220. The first kappa shape index (κ1) is 16.3. The second-order valence-electron chi connectivity index (χ2n) is 5.15. The molecule has 1 aromatic rings. The molecule has 1 aromatic heterocycles. The van der Waals surface area contributed by atoms with Gasteiger partial charge in [-0.1, -0.05) is 6.92 Å². The van der Waals surface area contributed by atoms with Crippen molar-refractivity contribution in [2.24, 2.45) is 0 Å². The molecule has 1 fully saturated rings. The first-order valence-electron chi connectivity index (χ1n) is 6.65. The second-order valence-corrected chi connectivity index (χ2v) is 5.15. The Hall–Kier alpha value is -2.03. The number of anilines is 1. The highest BCUT2D eigenvalue weighted by molar-refractivity contribution is 5.90. The Bertz CT molecular complexity index is 545. The normalized spacial score (nSPS) is 16.9. The van der Waals surface area contributed by atoms with Crippen molar-refractivity contribution in [3.8, 4) is 5.88 Å². The van der Waals surface area contributed by atoms with E-state index in [1.54, 1.807) is 0 Å². The van der Waals surface area contributed by atoms with E-state index < -0.39 is 24.4 Å². The van der Waals surface area contributed by atoms with Crippen LogP contribution >= 0.6 is 0 Å². The predicted molar refractivity (Wildman–Crippen MR) is 71.6 cm³/mol. The number of aromatic nitrogens is 1. The number of aliphatic hydroxyl groups is 1. The van der Waals surface area contributed by atoms with Gasteiger partial charge in [-0.2, -0.15) is 13.2 Å². The SMILES string of the molecule is CCC1(O)CN(C(=O)Nc2ccnc(OCC(F)(F)F)c2)C1. The Morgan fingerprint density at radius 1 is 1.55 bits per heavy atom. The summed E-state index contributed by atoms with van der Waals surface area (Å²) in [6.07, 6.45) is -2.68. The minimum Gasteiger partial charge on any atom is -0.468 e. The number of hydrogen-bond donors (Lipinski definition) is 2. The number of rotatable bonds is 4. The summed E-state index contributed by atoms with van der Waals surface area (Å²) in [7, 11) is 0. The zero-order chi connectivity index (χ0) is 16.4. The van der Waals surface area contributed by atoms with Crippen LogP contribution in [0.2, 0.25) is 0 Å². The number of carbonyl (C=O) groups excluding carboxylic acids is 1. The molecule has 22 heavy (non-hydrogen) atoms. The lowest BCUT2D eigenvalue weighted by Crippen LogP contribution is -2.63. The summed E-state index contributed by atoms with van der Waals surface area (Å²) in [4.78, 5) is 16.9. The molecule has 1 saturated heterocycles. The lowest BCUT2D eigenvalue weighted by atomic mass is 9.92. The smallest absolute Gasteiger partial charge is 0.422 e. The van der Waals surface area contributed by atoms with E-state index in [9.17, 15) is 23.1 Å². The molecule has 0 saturated carbocycles. The molecule has 0 unspecified atom stereocenters. The van der Waals surface area contributed by atoms with Crippen LogP contribution in [0, 0.1) is 0 Å². The lowest BCUT2D eigenvalue weighted by Gasteiger charge is -2.45. The van der Waals surface area contributed by atoms with Gasteiger partial charge in [0.15, 0.2) is 6.61 Å². The van der Waals surface area contributed by atoms with Gasteiger partial charge in [-0.25, -0.2) is 9.78 Å². The van der Waals surface area contributed by atoms with Gasteiger partial charge in [-0.3, -0.25) is 0 Å². The van der Waals surface area contributed by atoms with Gasteiger partial charge in [-0.15, -0.1) is 0 Å². The quantitative estimate of drug-likeness (QED) is 0.890. The molecule has 0 aromatic carbocycles. The van der Waals surface area contributed by atoms with Crippen molar-refractivity contribution in [1.82, 2.24) is 9.88 Å². The van der Waals surface area contributed by atoms with Gasteiger partial charge < -0.3 is 20.1 Å². The molecule has 2 heterocycles. The maximum atomic E-state index is 12.1. The van der Waals surface area contributed by atoms with Crippen LogP contribution in [0.4, 0.5) is 23.7 Å². The largest absolute Gasteiger partial charge is 0.468 e. The van der Waals surface area contributed by atoms with E-state index in [2.05, 4.69) is 15.0 Å². The fraction of sp³-hybridized carbons (Fsp3) is 0.538. The zero-order valence-electron chi connectivity index (χ0n) is 11.9. The van der Waals surface area contributed by atoms with Gasteiger partial charge in [0.1, 0.15) is 0 Å². The van der Waals surface area contributed by atoms with Crippen LogP contribution in [-0.4, -0.2) is 52.5 Å². The van der Waals surface area contributed by atoms with Crippen molar-refractivity contribution in [2.45, 2.75) is 25.1 Å². The third-order valence-corrected chi connectivity index (χ3v) is 3.29. The van der Waals surface area contributed by atoms with Crippen LogP contribution < -0.4 is 10.1 Å². The van der Waals surface area contributed by atoms with Crippen LogP contribution in [0.25, 0.3) is 0 Å². The standard InChI is InChI=1S/C13H16F3N3O3/c1-2-12(21)6-19(7-12)11(20)18-9-3-4-17-10(5-9)22-8-13(14,15)16/h3-5,21H,2,6-8H2,1H3,(H,17,18,20). The highest BCUT2D eigenvalue weighted by Gasteiger charge is 2.42. The fourth-order valence-electron chi connectivity index (χ4n) is 1.96. The maximum Gasteiger partial charge on any atom is 0.422 e. The molecule has 2 rings (SSSR count). The molecule has 2 N–H and O–H groups in total. The van der Waals surface area contributed by atoms with E-state index in [1.807, 2.05) is 6.92 Å². The van der Waals surface area contributed by atoms with Crippen LogP contribution in [0.15, 0.2) is 18.3 Å². The number of β-amino-alcohol motifs (C(OH)–C–C–N with tert-alkyl or cyclic N) is 1. The molecular formula is C13H16F3N3O3. The van der Waals surface area contributed by atoms with Gasteiger partial charge in [0.2, 0.25) is 5.88 Å². The first-order valence-corrected chi connectivity index (χ1v) is 6.65. The van der Waals surface area contributed by atoms with Crippen molar-refractivity contribution in [3.05, 3.63) is 18.3 Å². The highest BCUT2D eigenvalue weighted by atomic mass is 19.4. The van der Waals surface area contributed by atoms with Gasteiger partial charge in [0.05, 0.1) is 18.7 Å². The number of carbonyl (C=O) groups is 1. The number of likely N-dealkylation sites (tertiary alicyclic amines) is 1. The van der Waals surface area contributed by atoms with Crippen molar-refractivity contribution >= 4 is 11.7 Å². The number of hydrogen-bond acceptors (Lipinski definition) is 4. The van der Waals surface area contributed by atoms with Crippen LogP contribution in [0.1, 0.15) is 13.3 Å². The summed E-state index contributed by atoms with van der Waals surface area (Å²) < 4.78 is 40.7. The molecule has 1 aliphatic rings. The number of nitrogens with zero attached hydrogens (tertiary/aromatic N) is 2. The molecule has 6 nitrogen and oxygen atoms in total. The summed E-state index contributed by atoms with van der Waals surface area (Å²) in [6.45, 7) is 0.811. The summed E-state index contributed by atoms with van der Waals surface area (Å²) >= 11 is 0. The van der Waals surface area contributed by atoms with Gasteiger partial charge in [0, 0.05) is 18.0 Å². The first-order chi connectivity index (χ1) is 10.2. The Balaban J connectivity index is 1.89. The van der Waals surface area contributed by atoms with Gasteiger partial charge >= 0.3 is 12.2 Å². The summed E-state index contributed by atoms with van der Waals surface area (Å²) in [5.74, 6) is -0.233. The minimum atomic E-state index is -4.46. The topological polar surface area (TPSA) is 74.7 Å². The lowest BCUT2D eigenvalue weighted by molar-refractivity contribution is -0.154. The summed E-state index contributed by atoms with van der Waals surface area (Å²) in [5, 5.41) is 12.4. The average molecular weight is 319 g/mol. The monoisotopic (exact) mass is 319 g/mol. The van der Waals surface area contributed by atoms with Crippen molar-refractivity contribution < 1.29 is 27.8 Å². The molecule has 9 heteroatoms. The molecule has 1 aliphatic heterocycles. The number of halogens is 3. The number of pyridine rings is 1. The van der Waals surface area contributed by atoms with E-state index in [0.29, 0.717) is 6.42 Å². The molecule has 0 aliphatic carbocycles. The zero-order valence-corrected chi connectivity index (χ0v) is 11.9. The molecule has 0 atom stereocenters. The Labute approximate surface area is 124 Å². The van der Waals surface area contributed by atoms with E-state index in [4.69, 9.17) is 0 Å². The van der Waals surface area contributed by atoms with Crippen LogP contribution in [0.5, 0.6) is 5.88 Å². The third kappa shape index (κ3) is 4.23. The number of ether oxygens (including phenoxy) is 1. The Morgan fingerprint density at radius 3 is 2.82 bits per heavy atom. The highest BCUT2D eigenvalue weighted by Crippen LogP contribution is 2.25. The molecule has 122 valence electrons. The molecular weight excluding hydrogens is 303 g/mol. The second kappa shape index (κ2) is 5.99. The Kier molecular flexibility index (Phi) is 4.45. The maximum absolute atomic E-state index is 12.1. The molecule has 0 radical (unpaired) electrons. The van der Waals surface area contributed by atoms with E-state index in [0.717, 1.165) is 0 Å². The van der Waals surface area contributed by atoms with Crippen LogP contribution in [0.3, 0.4) is 0 Å². The van der Waals surface area contributed by atoms with E-state index >= 15 is 0 Å². The average Bonchev–Trinajstić information content (AvgIpc) is 2.41. The van der Waals surface area contributed by atoms with E-state index in [-0.39, 0.29) is 24.7 Å². The predicted octanol–water partition coefficient (Wildman–Crippen LogP) is 2.01. The fourth-order valence-corrected chi connectivity index (χ4v) is 1.96. The third-order valence-electron chi connectivity index (χ3n) is 3.29. The molecule has 2 amide bonds. The number of amides is 2. The van der Waals surface area contributed by atoms with Crippen molar-refractivity contribution in [2.75, 3.05) is 25.0 Å². The van der Waals surface area contributed by atoms with Gasteiger partial charge in [0.25, 0.3) is 0 Å². The Morgan fingerprint density at radius 2 is 2.23 bits per heavy atom. The number of nitrogens with one attached hydrogen (secondary N) is 1. The number of alkyl halides is 3. The van der Waals surface area contributed by atoms with Crippen molar-refractivity contribution in [1.29, 1.82) is 0 Å². The van der Waals surface area contributed by atoms with Crippen LogP contribution in [-0.2, 0) is 0 Å². The summed E-state index contributed by atoms with van der Waals surface area (Å²) in [6, 6.07) is 2.20. The summed E-state index contributed by atoms with van der Waals surface area (Å²) in [5.41, 5.74) is -0.583. The molecule has 0 bridgehead atoms. The van der Waals surface area contributed by atoms with E-state index in [1.165, 1.54) is 23.2 Å². The molecule has 0 spiro atoms.